The second-order valence-corrected chi connectivity index (χ2v) is 9.85. The molecule has 0 aliphatic carbocycles. The number of benzene rings is 1. The third-order valence-corrected chi connectivity index (χ3v) is 7.40. The number of aromatic nitrogens is 1. The van der Waals surface area contributed by atoms with Crippen LogP contribution in [0.1, 0.15) is 82.9 Å². The topological polar surface area (TPSA) is 52.9 Å². The molecule has 1 aliphatic rings. The zero-order chi connectivity index (χ0) is 25.2. The summed E-state index contributed by atoms with van der Waals surface area (Å²) >= 11 is 0. The van der Waals surface area contributed by atoms with Gasteiger partial charge in [0.25, 0.3) is 0 Å². The summed E-state index contributed by atoms with van der Waals surface area (Å²) < 4.78 is 0. The first-order chi connectivity index (χ1) is 17.0. The molecule has 0 amide bonds. The number of aliphatic imine (C=N–C) groups is 2. The maximum absolute atomic E-state index is 5.15. The number of aryl methyl sites for hydroxylation is 2. The van der Waals surface area contributed by atoms with Gasteiger partial charge in [-0.2, -0.15) is 0 Å². The largest absolute Gasteiger partial charge is 0.354 e. The van der Waals surface area contributed by atoms with Crippen molar-refractivity contribution in [1.82, 2.24) is 15.2 Å². The number of amidine groups is 1. The van der Waals surface area contributed by atoms with E-state index >= 15 is 0 Å². The number of unbranched alkanes of at least 4 members (excludes halogenated alkanes) is 1. The summed E-state index contributed by atoms with van der Waals surface area (Å²) in [5.74, 6) is 1.72. The SMILES string of the molecule is C=Nc1nc(-c2ccc(CC)c(CC)c2)ccc1/C(=N\CCCCC(C)NC)N1CCCCC1C. The molecular weight excluding hydrogens is 430 g/mol. The lowest BCUT2D eigenvalue weighted by molar-refractivity contribution is 0.258. The van der Waals surface area contributed by atoms with Gasteiger partial charge < -0.3 is 10.2 Å². The average molecular weight is 476 g/mol. The number of piperidine rings is 1. The molecule has 3 rings (SSSR count). The standard InChI is InChI=1S/C30H45N5/c1-7-24-15-16-26(21-25(24)8-2)28-18-17-27(29(32-6)34-28)30(35-20-12-10-14-23(35)4)33-19-11-9-13-22(3)31-5/h15-18,21-23,31H,6-14,19-20H2,1-5H3/b33-30+. The lowest BCUT2D eigenvalue weighted by atomic mass is 9.98. The lowest BCUT2D eigenvalue weighted by Crippen LogP contribution is -2.42. The highest BCUT2D eigenvalue weighted by atomic mass is 15.2. The smallest absolute Gasteiger partial charge is 0.162 e. The monoisotopic (exact) mass is 475 g/mol. The van der Waals surface area contributed by atoms with Crippen molar-refractivity contribution in [3.63, 3.8) is 0 Å². The summed E-state index contributed by atoms with van der Waals surface area (Å²) in [7, 11) is 2.03. The van der Waals surface area contributed by atoms with E-state index in [0.717, 1.165) is 55.0 Å². The number of nitrogens with one attached hydrogen (secondary N) is 1. The zero-order valence-corrected chi connectivity index (χ0v) is 22.6. The molecule has 1 aromatic heterocycles. The molecule has 1 fully saturated rings. The zero-order valence-electron chi connectivity index (χ0n) is 22.6. The minimum atomic E-state index is 0.470. The highest BCUT2D eigenvalue weighted by Crippen LogP contribution is 2.29. The Hall–Kier alpha value is -2.53. The molecule has 0 spiro atoms. The van der Waals surface area contributed by atoms with Crippen molar-refractivity contribution in [2.75, 3.05) is 20.1 Å². The summed E-state index contributed by atoms with van der Waals surface area (Å²) in [4.78, 5) is 17.0. The summed E-state index contributed by atoms with van der Waals surface area (Å²) in [6.07, 6.45) is 9.20. The van der Waals surface area contributed by atoms with Crippen LogP contribution >= 0.6 is 0 Å². The summed E-state index contributed by atoms with van der Waals surface area (Å²) in [5, 5.41) is 3.32. The highest BCUT2D eigenvalue weighted by Gasteiger charge is 2.25. The molecule has 1 saturated heterocycles. The predicted molar refractivity (Wildman–Crippen MR) is 151 cm³/mol. The molecule has 5 heteroatoms. The van der Waals surface area contributed by atoms with Gasteiger partial charge in [0.05, 0.1) is 11.3 Å². The summed E-state index contributed by atoms with van der Waals surface area (Å²) in [6.45, 7) is 14.7. The van der Waals surface area contributed by atoms with E-state index in [9.17, 15) is 0 Å². The predicted octanol–water partition coefficient (Wildman–Crippen LogP) is 6.60. The third kappa shape index (κ3) is 7.00. The maximum Gasteiger partial charge on any atom is 0.162 e. The van der Waals surface area contributed by atoms with Gasteiger partial charge in [-0.15, -0.1) is 0 Å². The fourth-order valence-electron chi connectivity index (χ4n) is 5.00. The molecule has 190 valence electrons. The second kappa shape index (κ2) is 13.5. The van der Waals surface area contributed by atoms with E-state index in [1.54, 1.807) is 0 Å². The number of hydrogen-bond donors (Lipinski definition) is 1. The summed E-state index contributed by atoms with van der Waals surface area (Å²) in [5.41, 5.74) is 5.88. The Kier molecular flexibility index (Phi) is 10.5. The molecule has 1 N–H and O–H groups in total. The van der Waals surface area contributed by atoms with Crippen molar-refractivity contribution < 1.29 is 0 Å². The van der Waals surface area contributed by atoms with Crippen LogP contribution in [-0.2, 0) is 12.8 Å². The normalized spacial score (nSPS) is 17.5. The molecule has 2 atom stereocenters. The van der Waals surface area contributed by atoms with Crippen molar-refractivity contribution >= 4 is 18.4 Å². The van der Waals surface area contributed by atoms with E-state index < -0.39 is 0 Å². The third-order valence-electron chi connectivity index (χ3n) is 7.40. The highest BCUT2D eigenvalue weighted by molar-refractivity contribution is 6.03. The van der Waals surface area contributed by atoms with Crippen LogP contribution in [0.2, 0.25) is 0 Å². The maximum atomic E-state index is 5.15. The van der Waals surface area contributed by atoms with Crippen molar-refractivity contribution in [3.05, 3.63) is 47.0 Å². The first kappa shape index (κ1) is 27.1. The summed E-state index contributed by atoms with van der Waals surface area (Å²) in [6, 6.07) is 12.0. The van der Waals surface area contributed by atoms with Crippen LogP contribution in [0.3, 0.4) is 0 Å². The molecule has 5 nitrogen and oxygen atoms in total. The van der Waals surface area contributed by atoms with Crippen molar-refractivity contribution in [1.29, 1.82) is 0 Å². The fourth-order valence-corrected chi connectivity index (χ4v) is 5.00. The number of rotatable bonds is 11. The molecule has 35 heavy (non-hydrogen) atoms. The fraction of sp³-hybridized carbons (Fsp3) is 0.567. The van der Waals surface area contributed by atoms with Gasteiger partial charge in [0.1, 0.15) is 5.84 Å². The Labute approximate surface area is 213 Å². The quantitative estimate of drug-likeness (QED) is 0.226. The molecule has 0 radical (unpaired) electrons. The van der Waals surface area contributed by atoms with Crippen molar-refractivity contribution in [2.24, 2.45) is 9.98 Å². The molecule has 1 aromatic carbocycles. The van der Waals surface area contributed by atoms with Crippen LogP contribution in [0, 0.1) is 0 Å². The average Bonchev–Trinajstić information content (AvgIpc) is 2.90. The molecule has 2 aromatic rings. The van der Waals surface area contributed by atoms with Crippen LogP contribution in [-0.4, -0.2) is 54.7 Å². The van der Waals surface area contributed by atoms with Gasteiger partial charge in [-0.25, -0.2) is 9.98 Å². The van der Waals surface area contributed by atoms with Gasteiger partial charge >= 0.3 is 0 Å². The van der Waals surface area contributed by atoms with Gasteiger partial charge in [0, 0.05) is 30.7 Å². The van der Waals surface area contributed by atoms with E-state index in [2.05, 4.69) is 80.0 Å². The van der Waals surface area contributed by atoms with Crippen LogP contribution < -0.4 is 5.32 Å². The molecule has 1 aliphatic heterocycles. The van der Waals surface area contributed by atoms with Gasteiger partial charge in [-0.3, -0.25) is 4.99 Å². The Morgan fingerprint density at radius 1 is 1.14 bits per heavy atom. The molecule has 0 bridgehead atoms. The molecular formula is C30H45N5. The van der Waals surface area contributed by atoms with E-state index in [1.807, 2.05) is 7.05 Å². The van der Waals surface area contributed by atoms with Crippen molar-refractivity contribution in [2.45, 2.75) is 91.1 Å². The Morgan fingerprint density at radius 2 is 1.94 bits per heavy atom. The lowest BCUT2D eigenvalue weighted by Gasteiger charge is -2.36. The first-order valence-electron chi connectivity index (χ1n) is 13.6. The minimum Gasteiger partial charge on any atom is -0.354 e. The van der Waals surface area contributed by atoms with Crippen LogP contribution in [0.25, 0.3) is 11.3 Å². The molecule has 2 unspecified atom stereocenters. The Bertz CT molecular complexity index is 996. The van der Waals surface area contributed by atoms with Crippen LogP contribution in [0.4, 0.5) is 5.82 Å². The minimum absolute atomic E-state index is 0.470. The number of pyridine rings is 1. The van der Waals surface area contributed by atoms with E-state index in [0.29, 0.717) is 17.9 Å². The van der Waals surface area contributed by atoms with Gasteiger partial charge in [-0.1, -0.05) is 32.4 Å². The molecule has 0 saturated carbocycles. The van der Waals surface area contributed by atoms with E-state index in [4.69, 9.17) is 9.98 Å². The number of nitrogens with zero attached hydrogens (tertiary/aromatic N) is 4. The van der Waals surface area contributed by atoms with Gasteiger partial charge in [0.15, 0.2) is 5.82 Å². The van der Waals surface area contributed by atoms with Crippen LogP contribution in [0.15, 0.2) is 40.3 Å². The first-order valence-corrected chi connectivity index (χ1v) is 13.6. The number of hydrogen-bond acceptors (Lipinski definition) is 4. The number of likely N-dealkylation sites (tertiary alicyclic amines) is 1. The second-order valence-electron chi connectivity index (χ2n) is 9.85. The van der Waals surface area contributed by atoms with E-state index in [1.165, 1.54) is 43.2 Å². The van der Waals surface area contributed by atoms with Gasteiger partial charge in [-0.05, 0) is 102 Å². The Balaban J connectivity index is 1.92. The van der Waals surface area contributed by atoms with Gasteiger partial charge in [0.2, 0.25) is 0 Å². The van der Waals surface area contributed by atoms with E-state index in [-0.39, 0.29) is 0 Å². The molecule has 2 heterocycles. The van der Waals surface area contributed by atoms with Crippen LogP contribution in [0.5, 0.6) is 0 Å². The van der Waals surface area contributed by atoms with Crippen molar-refractivity contribution in [3.8, 4) is 11.3 Å². The Morgan fingerprint density at radius 3 is 2.63 bits per heavy atom.